The second kappa shape index (κ2) is 10.6. The number of carbonyl (C=O) groups is 2. The summed E-state index contributed by atoms with van der Waals surface area (Å²) in [5, 5.41) is 8.39. The van der Waals surface area contributed by atoms with Gasteiger partial charge in [-0.2, -0.15) is 13.2 Å². The zero-order valence-electron chi connectivity index (χ0n) is 19.3. The number of amides is 2. The summed E-state index contributed by atoms with van der Waals surface area (Å²) < 4.78 is 46.9. The summed E-state index contributed by atoms with van der Waals surface area (Å²) in [6, 6.07) is 3.31. The third kappa shape index (κ3) is 6.68. The maximum absolute atomic E-state index is 13.8. The van der Waals surface area contributed by atoms with Crippen LogP contribution < -0.4 is 20.7 Å². The molecule has 35 heavy (non-hydrogen) atoms. The summed E-state index contributed by atoms with van der Waals surface area (Å²) >= 11 is 0. The zero-order chi connectivity index (χ0) is 25.0. The number of nitrogens with zero attached hydrogens (tertiary/aromatic N) is 2. The minimum absolute atomic E-state index is 0.0241. The lowest BCUT2D eigenvalue weighted by molar-refractivity contribution is -0.139. The molecule has 1 aromatic heterocycles. The number of alkyl halides is 3. The van der Waals surface area contributed by atoms with Gasteiger partial charge in [0, 0.05) is 48.9 Å². The van der Waals surface area contributed by atoms with Crippen molar-refractivity contribution in [3.05, 3.63) is 52.8 Å². The molecule has 2 atom stereocenters. The molecule has 2 aromatic rings. The molecular formula is C24H28F3N5O3. The zero-order valence-corrected chi connectivity index (χ0v) is 19.3. The second-order valence-electron chi connectivity index (χ2n) is 8.92. The van der Waals surface area contributed by atoms with E-state index in [1.54, 1.807) is 0 Å². The first kappa shape index (κ1) is 24.9. The highest BCUT2D eigenvalue weighted by atomic mass is 19.4. The van der Waals surface area contributed by atoms with Crippen molar-refractivity contribution in [3.8, 4) is 6.01 Å². The fraction of sp³-hybridized carbons (Fsp3) is 0.500. The Morgan fingerprint density at radius 1 is 1.23 bits per heavy atom. The molecule has 2 fully saturated rings. The van der Waals surface area contributed by atoms with Crippen molar-refractivity contribution in [2.45, 2.75) is 64.0 Å². The number of halogens is 3. The number of hydrogen-bond donors (Lipinski definition) is 3. The lowest BCUT2D eigenvalue weighted by Gasteiger charge is -2.33. The van der Waals surface area contributed by atoms with Crippen molar-refractivity contribution >= 4 is 11.8 Å². The van der Waals surface area contributed by atoms with Gasteiger partial charge in [-0.3, -0.25) is 14.9 Å². The van der Waals surface area contributed by atoms with Crippen LogP contribution in [0.25, 0.3) is 0 Å². The van der Waals surface area contributed by atoms with Gasteiger partial charge in [0.05, 0.1) is 12.2 Å². The summed E-state index contributed by atoms with van der Waals surface area (Å²) in [5.41, 5.74) is 0.0824. The summed E-state index contributed by atoms with van der Waals surface area (Å²) in [5.74, 6) is -0.0356. The van der Waals surface area contributed by atoms with Gasteiger partial charge in [-0.1, -0.05) is 13.0 Å². The molecule has 1 aromatic carbocycles. The Balaban J connectivity index is 1.53. The van der Waals surface area contributed by atoms with Crippen molar-refractivity contribution in [2.24, 2.45) is 5.92 Å². The average molecular weight is 492 g/mol. The van der Waals surface area contributed by atoms with Crippen molar-refractivity contribution in [2.75, 3.05) is 6.61 Å². The van der Waals surface area contributed by atoms with Gasteiger partial charge in [-0.05, 0) is 42.9 Å². The van der Waals surface area contributed by atoms with E-state index in [4.69, 9.17) is 4.74 Å². The minimum Gasteiger partial charge on any atom is -0.463 e. The standard InChI is InChI=1S/C24H28F3N5O3/c1-2-3-20(33)28-10-15-6-7-18(24(25,26)27)17(8-15)22-31-19(9-21(34)32-22)16-11-29-23(30-12-16)35-13-14-4-5-14/h6-8,11-12,14,19,22,31H,2-5,9-10,13H2,1H3,(H,28,33)(H,32,34). The van der Waals surface area contributed by atoms with Crippen LogP contribution in [-0.2, 0) is 22.3 Å². The molecule has 1 saturated heterocycles. The van der Waals surface area contributed by atoms with Gasteiger partial charge in [-0.15, -0.1) is 0 Å². The van der Waals surface area contributed by atoms with E-state index in [0.29, 0.717) is 36.5 Å². The molecule has 2 amide bonds. The van der Waals surface area contributed by atoms with E-state index < -0.39 is 29.9 Å². The van der Waals surface area contributed by atoms with Crippen LogP contribution in [0.1, 0.15) is 73.5 Å². The summed E-state index contributed by atoms with van der Waals surface area (Å²) in [4.78, 5) is 32.6. The monoisotopic (exact) mass is 491 g/mol. The Morgan fingerprint density at radius 2 is 1.97 bits per heavy atom. The van der Waals surface area contributed by atoms with Crippen LogP contribution in [-0.4, -0.2) is 28.4 Å². The molecule has 2 unspecified atom stereocenters. The van der Waals surface area contributed by atoms with E-state index in [2.05, 4.69) is 25.9 Å². The maximum atomic E-state index is 13.8. The fourth-order valence-electron chi connectivity index (χ4n) is 3.88. The van der Waals surface area contributed by atoms with Gasteiger partial charge in [0.2, 0.25) is 11.8 Å². The Morgan fingerprint density at radius 3 is 2.63 bits per heavy atom. The first-order valence-corrected chi connectivity index (χ1v) is 11.7. The number of nitrogens with one attached hydrogen (secondary N) is 3. The number of ether oxygens (including phenoxy) is 1. The minimum atomic E-state index is -4.62. The van der Waals surface area contributed by atoms with Crippen molar-refractivity contribution in [1.82, 2.24) is 25.9 Å². The van der Waals surface area contributed by atoms with Crippen molar-refractivity contribution in [3.63, 3.8) is 0 Å². The molecule has 8 nitrogen and oxygen atoms in total. The van der Waals surface area contributed by atoms with Crippen LogP contribution >= 0.6 is 0 Å². The van der Waals surface area contributed by atoms with Gasteiger partial charge in [0.1, 0.15) is 6.17 Å². The Kier molecular flexibility index (Phi) is 7.54. The maximum Gasteiger partial charge on any atom is 0.416 e. The first-order valence-electron chi connectivity index (χ1n) is 11.7. The molecule has 2 aliphatic rings. The number of rotatable bonds is 9. The lowest BCUT2D eigenvalue weighted by Crippen LogP contribution is -2.47. The van der Waals surface area contributed by atoms with E-state index in [-0.39, 0.29) is 30.4 Å². The highest BCUT2D eigenvalue weighted by molar-refractivity contribution is 5.78. The van der Waals surface area contributed by atoms with Crippen LogP contribution in [0.5, 0.6) is 6.01 Å². The molecule has 188 valence electrons. The van der Waals surface area contributed by atoms with Crippen LogP contribution in [0.2, 0.25) is 0 Å². The normalized spacial score (nSPS) is 20.3. The highest BCUT2D eigenvalue weighted by Gasteiger charge is 2.38. The van der Waals surface area contributed by atoms with Gasteiger partial charge < -0.3 is 15.4 Å². The first-order chi connectivity index (χ1) is 16.7. The van der Waals surface area contributed by atoms with E-state index in [1.165, 1.54) is 24.5 Å². The molecule has 2 heterocycles. The second-order valence-corrected chi connectivity index (χ2v) is 8.92. The predicted octanol–water partition coefficient (Wildman–Crippen LogP) is 3.55. The quantitative estimate of drug-likeness (QED) is 0.496. The molecule has 1 aliphatic heterocycles. The highest BCUT2D eigenvalue weighted by Crippen LogP contribution is 2.36. The molecule has 1 aliphatic carbocycles. The largest absolute Gasteiger partial charge is 0.463 e. The van der Waals surface area contributed by atoms with Crippen molar-refractivity contribution in [1.29, 1.82) is 0 Å². The van der Waals surface area contributed by atoms with E-state index >= 15 is 0 Å². The molecular weight excluding hydrogens is 463 g/mol. The Bertz CT molecular complexity index is 1060. The third-order valence-electron chi connectivity index (χ3n) is 5.96. The van der Waals surface area contributed by atoms with Crippen LogP contribution in [0.15, 0.2) is 30.6 Å². The van der Waals surface area contributed by atoms with Gasteiger partial charge in [-0.25, -0.2) is 9.97 Å². The lowest BCUT2D eigenvalue weighted by atomic mass is 9.96. The third-order valence-corrected chi connectivity index (χ3v) is 5.96. The van der Waals surface area contributed by atoms with Crippen LogP contribution in [0.4, 0.5) is 13.2 Å². The molecule has 0 spiro atoms. The summed E-state index contributed by atoms with van der Waals surface area (Å²) in [6.45, 7) is 2.51. The smallest absolute Gasteiger partial charge is 0.416 e. The van der Waals surface area contributed by atoms with Crippen molar-refractivity contribution < 1.29 is 27.5 Å². The van der Waals surface area contributed by atoms with Crippen LogP contribution in [0.3, 0.4) is 0 Å². The molecule has 4 rings (SSSR count). The number of aromatic nitrogens is 2. The van der Waals surface area contributed by atoms with E-state index in [9.17, 15) is 22.8 Å². The van der Waals surface area contributed by atoms with Crippen LogP contribution in [0, 0.1) is 5.92 Å². The number of carbonyl (C=O) groups excluding carboxylic acids is 2. The SMILES string of the molecule is CCCC(=O)NCc1ccc(C(F)(F)F)c(C2NC(=O)CC(c3cnc(OCC4CC4)nc3)N2)c1. The Labute approximate surface area is 201 Å². The fourth-order valence-corrected chi connectivity index (χ4v) is 3.88. The molecule has 11 heteroatoms. The van der Waals surface area contributed by atoms with Gasteiger partial charge in [0.15, 0.2) is 0 Å². The average Bonchev–Trinajstić information content (AvgIpc) is 3.65. The van der Waals surface area contributed by atoms with Gasteiger partial charge in [0.25, 0.3) is 0 Å². The molecule has 0 bridgehead atoms. The molecule has 0 radical (unpaired) electrons. The summed E-state index contributed by atoms with van der Waals surface area (Å²) in [6.07, 6.45) is 0.621. The van der Waals surface area contributed by atoms with E-state index in [0.717, 1.165) is 18.9 Å². The Hall–Kier alpha value is -3.21. The summed E-state index contributed by atoms with van der Waals surface area (Å²) in [7, 11) is 0. The number of benzene rings is 1. The predicted molar refractivity (Wildman–Crippen MR) is 120 cm³/mol. The molecule has 1 saturated carbocycles. The topological polar surface area (TPSA) is 105 Å². The number of hydrogen-bond acceptors (Lipinski definition) is 6. The van der Waals surface area contributed by atoms with Gasteiger partial charge >= 0.3 is 12.2 Å². The van der Waals surface area contributed by atoms with E-state index in [1.807, 2.05) is 6.92 Å². The molecule has 3 N–H and O–H groups in total.